The van der Waals surface area contributed by atoms with Crippen LogP contribution in [0.4, 0.5) is 5.69 Å². The zero-order valence-corrected chi connectivity index (χ0v) is 10.6. The van der Waals surface area contributed by atoms with Gasteiger partial charge in [-0.15, -0.1) is 0 Å². The maximum absolute atomic E-state index is 10.8. The second-order valence-electron chi connectivity index (χ2n) is 4.75. The molecule has 1 aromatic heterocycles. The van der Waals surface area contributed by atoms with E-state index in [1.165, 1.54) is 17.3 Å². The van der Waals surface area contributed by atoms with Gasteiger partial charge >= 0.3 is 5.97 Å². The molecule has 3 rings (SSSR count). The summed E-state index contributed by atoms with van der Waals surface area (Å²) in [6.45, 7) is 1.07. The standard InChI is InChI=1S/C14H14N2O3/c1-16-6-2-3-9-7-10(4-5-12(9)16)13-8-11(14(17)18)15-19-13/h4-5,7-8H,2-3,6H2,1H3,(H,17,18). The quantitative estimate of drug-likeness (QED) is 0.896. The van der Waals surface area contributed by atoms with Crippen LogP contribution >= 0.6 is 0 Å². The van der Waals surface area contributed by atoms with Crippen molar-refractivity contribution in [1.82, 2.24) is 5.16 Å². The van der Waals surface area contributed by atoms with Gasteiger partial charge in [0, 0.05) is 30.9 Å². The SMILES string of the molecule is CN1CCCc2cc(-c3cc(C(=O)O)no3)ccc21. The second-order valence-corrected chi connectivity index (χ2v) is 4.75. The van der Waals surface area contributed by atoms with E-state index in [1.807, 2.05) is 12.1 Å². The smallest absolute Gasteiger partial charge is 0.358 e. The van der Waals surface area contributed by atoms with E-state index >= 15 is 0 Å². The average molecular weight is 258 g/mol. The van der Waals surface area contributed by atoms with Crippen molar-refractivity contribution in [2.24, 2.45) is 0 Å². The van der Waals surface area contributed by atoms with Gasteiger partial charge in [0.2, 0.25) is 0 Å². The Labute approximate surface area is 110 Å². The molecule has 0 atom stereocenters. The Morgan fingerprint density at radius 2 is 2.26 bits per heavy atom. The summed E-state index contributed by atoms with van der Waals surface area (Å²) in [5.41, 5.74) is 3.30. The third kappa shape index (κ3) is 2.07. The van der Waals surface area contributed by atoms with Gasteiger partial charge in [-0.1, -0.05) is 5.16 Å². The summed E-state index contributed by atoms with van der Waals surface area (Å²) in [6.07, 6.45) is 2.16. The lowest BCUT2D eigenvalue weighted by Crippen LogP contribution is -2.24. The number of nitrogens with zero attached hydrogens (tertiary/aromatic N) is 2. The highest BCUT2D eigenvalue weighted by Crippen LogP contribution is 2.31. The maximum Gasteiger partial charge on any atom is 0.358 e. The highest BCUT2D eigenvalue weighted by atomic mass is 16.5. The van der Waals surface area contributed by atoms with Crippen molar-refractivity contribution in [3.05, 3.63) is 35.5 Å². The second kappa shape index (κ2) is 4.42. The molecule has 1 N–H and O–H groups in total. The van der Waals surface area contributed by atoms with Crippen molar-refractivity contribution < 1.29 is 14.4 Å². The molecule has 0 fully saturated rings. The normalized spacial score (nSPS) is 14.3. The molecule has 2 heterocycles. The van der Waals surface area contributed by atoms with Crippen LogP contribution in [0.3, 0.4) is 0 Å². The molecule has 0 aliphatic carbocycles. The van der Waals surface area contributed by atoms with Crippen molar-refractivity contribution in [3.8, 4) is 11.3 Å². The van der Waals surface area contributed by atoms with Gasteiger partial charge in [-0.25, -0.2) is 4.79 Å². The summed E-state index contributed by atoms with van der Waals surface area (Å²) in [4.78, 5) is 13.0. The molecule has 0 radical (unpaired) electrons. The Balaban J connectivity index is 1.99. The van der Waals surface area contributed by atoms with E-state index in [0.29, 0.717) is 5.76 Å². The van der Waals surface area contributed by atoms with E-state index in [0.717, 1.165) is 24.9 Å². The van der Waals surface area contributed by atoms with E-state index < -0.39 is 5.97 Å². The van der Waals surface area contributed by atoms with E-state index in [-0.39, 0.29) is 5.69 Å². The molecule has 5 nitrogen and oxygen atoms in total. The molecule has 1 aliphatic heterocycles. The number of hydrogen-bond donors (Lipinski definition) is 1. The van der Waals surface area contributed by atoms with Crippen LogP contribution in [0.2, 0.25) is 0 Å². The number of aromatic carboxylic acids is 1. The minimum atomic E-state index is -1.08. The predicted molar refractivity (Wildman–Crippen MR) is 70.5 cm³/mol. The lowest BCUT2D eigenvalue weighted by Gasteiger charge is -2.27. The van der Waals surface area contributed by atoms with Crippen molar-refractivity contribution in [2.45, 2.75) is 12.8 Å². The fourth-order valence-corrected chi connectivity index (χ4v) is 2.45. The van der Waals surface area contributed by atoms with Gasteiger partial charge in [0.1, 0.15) is 0 Å². The van der Waals surface area contributed by atoms with Crippen molar-refractivity contribution in [3.63, 3.8) is 0 Å². The zero-order chi connectivity index (χ0) is 13.4. The van der Waals surface area contributed by atoms with Gasteiger partial charge in [0.05, 0.1) is 0 Å². The van der Waals surface area contributed by atoms with Gasteiger partial charge in [0.15, 0.2) is 11.5 Å². The zero-order valence-electron chi connectivity index (χ0n) is 10.6. The highest BCUT2D eigenvalue weighted by Gasteiger charge is 2.17. The molecular weight excluding hydrogens is 244 g/mol. The van der Waals surface area contributed by atoms with Crippen molar-refractivity contribution in [2.75, 3.05) is 18.5 Å². The molecule has 19 heavy (non-hydrogen) atoms. The Morgan fingerprint density at radius 1 is 1.42 bits per heavy atom. The first-order valence-corrected chi connectivity index (χ1v) is 6.19. The molecule has 0 amide bonds. The molecule has 5 heteroatoms. The molecule has 1 aromatic carbocycles. The largest absolute Gasteiger partial charge is 0.476 e. The summed E-state index contributed by atoms with van der Waals surface area (Å²) in [6, 6.07) is 7.49. The molecule has 0 unspecified atom stereocenters. The fourth-order valence-electron chi connectivity index (χ4n) is 2.45. The Kier molecular flexibility index (Phi) is 2.74. The molecular formula is C14H14N2O3. The van der Waals surface area contributed by atoms with Crippen LogP contribution in [0.25, 0.3) is 11.3 Å². The van der Waals surface area contributed by atoms with E-state index in [1.54, 1.807) is 0 Å². The monoisotopic (exact) mass is 258 g/mol. The Hall–Kier alpha value is -2.30. The van der Waals surface area contributed by atoms with E-state index in [9.17, 15) is 4.79 Å². The first-order valence-electron chi connectivity index (χ1n) is 6.19. The van der Waals surface area contributed by atoms with Crippen LogP contribution in [-0.4, -0.2) is 29.8 Å². The molecule has 0 bridgehead atoms. The number of anilines is 1. The Morgan fingerprint density at radius 3 is 3.00 bits per heavy atom. The number of carboxylic acids is 1. The fraction of sp³-hybridized carbons (Fsp3) is 0.286. The van der Waals surface area contributed by atoms with Gasteiger partial charge in [-0.3, -0.25) is 0 Å². The minimum absolute atomic E-state index is 0.0650. The highest BCUT2D eigenvalue weighted by molar-refractivity contribution is 5.86. The number of rotatable bonds is 2. The molecule has 1 aliphatic rings. The van der Waals surface area contributed by atoms with Crippen LogP contribution < -0.4 is 4.90 Å². The number of carbonyl (C=O) groups is 1. The topological polar surface area (TPSA) is 66.6 Å². The van der Waals surface area contributed by atoms with Crippen molar-refractivity contribution in [1.29, 1.82) is 0 Å². The summed E-state index contributed by atoms with van der Waals surface area (Å²) in [5.74, 6) is -0.582. The number of carboxylic acid groups (broad SMARTS) is 1. The lowest BCUT2D eigenvalue weighted by molar-refractivity contribution is 0.0686. The van der Waals surface area contributed by atoms with E-state index in [4.69, 9.17) is 9.63 Å². The van der Waals surface area contributed by atoms with Gasteiger partial charge in [-0.05, 0) is 36.6 Å². The lowest BCUT2D eigenvalue weighted by atomic mass is 9.99. The predicted octanol–water partition coefficient (Wildman–Crippen LogP) is 2.42. The van der Waals surface area contributed by atoms with Gasteiger partial charge in [-0.2, -0.15) is 0 Å². The van der Waals surface area contributed by atoms with Crippen LogP contribution in [0, 0.1) is 0 Å². The number of aryl methyl sites for hydroxylation is 1. The van der Waals surface area contributed by atoms with Crippen molar-refractivity contribution >= 4 is 11.7 Å². The number of benzene rings is 1. The summed E-state index contributed by atoms with van der Waals surface area (Å²) in [5, 5.41) is 12.4. The first kappa shape index (κ1) is 11.8. The van der Waals surface area contributed by atoms with Crippen LogP contribution in [0.1, 0.15) is 22.5 Å². The van der Waals surface area contributed by atoms with Crippen LogP contribution in [0.15, 0.2) is 28.8 Å². The van der Waals surface area contributed by atoms with Crippen LogP contribution in [-0.2, 0) is 6.42 Å². The molecule has 98 valence electrons. The number of fused-ring (bicyclic) bond motifs is 1. The molecule has 2 aromatic rings. The van der Waals surface area contributed by atoms with Gasteiger partial charge < -0.3 is 14.5 Å². The maximum atomic E-state index is 10.8. The van der Waals surface area contributed by atoms with E-state index in [2.05, 4.69) is 23.2 Å². The average Bonchev–Trinajstić information content (AvgIpc) is 2.88. The number of aromatic nitrogens is 1. The third-order valence-corrected chi connectivity index (χ3v) is 3.44. The minimum Gasteiger partial charge on any atom is -0.476 e. The van der Waals surface area contributed by atoms with Crippen LogP contribution in [0.5, 0.6) is 0 Å². The van der Waals surface area contributed by atoms with Gasteiger partial charge in [0.25, 0.3) is 0 Å². The third-order valence-electron chi connectivity index (χ3n) is 3.44. The first-order chi connectivity index (χ1) is 9.15. The molecule has 0 saturated heterocycles. The summed E-state index contributed by atoms with van der Waals surface area (Å²) in [7, 11) is 2.08. The number of hydrogen-bond acceptors (Lipinski definition) is 4. The Bertz CT molecular complexity index is 633. The summed E-state index contributed by atoms with van der Waals surface area (Å²) < 4.78 is 5.09. The molecule has 0 spiro atoms. The summed E-state index contributed by atoms with van der Waals surface area (Å²) >= 11 is 0. The molecule has 0 saturated carbocycles.